The fraction of sp³-hybridized carbons (Fsp3) is 0.923. The lowest BCUT2D eigenvalue weighted by atomic mass is 10.2. The Balaban J connectivity index is 6.08. The van der Waals surface area contributed by atoms with E-state index in [0.717, 1.165) is 0 Å². The molecule has 0 fully saturated rings. The van der Waals surface area contributed by atoms with Gasteiger partial charge in [-0.25, -0.2) is 0 Å². The second-order valence-corrected chi connectivity index (χ2v) is 12.7. The van der Waals surface area contributed by atoms with Gasteiger partial charge in [-0.2, -0.15) is 57.1 Å². The van der Waals surface area contributed by atoms with Crippen LogP contribution in [0.1, 0.15) is 6.42 Å². The fourth-order valence-corrected chi connectivity index (χ4v) is 2.26. The van der Waals surface area contributed by atoms with E-state index in [-0.39, 0.29) is 0 Å². The quantitative estimate of drug-likeness (QED) is 0.351. The van der Waals surface area contributed by atoms with Crippen LogP contribution in [0.3, 0.4) is 0 Å². The molecule has 0 saturated heterocycles. The van der Waals surface area contributed by atoms with E-state index in [9.17, 15) is 61.9 Å². The summed E-state index contributed by atoms with van der Waals surface area (Å²) in [5.74, 6) is -15.9. The number of halogens is 13. The highest BCUT2D eigenvalue weighted by molar-refractivity contribution is 6.76. The van der Waals surface area contributed by atoms with E-state index in [4.69, 9.17) is 0 Å². The van der Waals surface area contributed by atoms with Crippen LogP contribution in [-0.4, -0.2) is 63.1 Å². The van der Waals surface area contributed by atoms with Crippen LogP contribution in [0.4, 0.5) is 57.1 Å². The molecule has 4 nitrogen and oxygen atoms in total. The lowest BCUT2D eigenvalue weighted by Crippen LogP contribution is -2.66. The van der Waals surface area contributed by atoms with Gasteiger partial charge in [0.1, 0.15) is 0 Å². The smallest absolute Gasteiger partial charge is 0.354 e. The summed E-state index contributed by atoms with van der Waals surface area (Å²) in [5.41, 5.74) is 0. The van der Waals surface area contributed by atoms with Crippen LogP contribution in [0, 0.1) is 0 Å². The first-order valence-corrected chi connectivity index (χ1v) is 11.6. The Kier molecular flexibility index (Phi) is 8.54. The molecule has 0 bridgehead atoms. The van der Waals surface area contributed by atoms with Gasteiger partial charge in [-0.1, -0.05) is 19.6 Å². The normalized spacial score (nSPS) is 18.3. The van der Waals surface area contributed by atoms with Crippen molar-refractivity contribution >= 4 is 14.0 Å². The first-order valence-electron chi connectivity index (χ1n) is 7.87. The minimum Gasteiger partial charge on any atom is -0.354 e. The first kappa shape index (κ1) is 29.7. The Hall–Kier alpha value is -1.30. The molecule has 0 heterocycles. The van der Waals surface area contributed by atoms with Crippen LogP contribution < -0.4 is 5.32 Å². The summed E-state index contributed by atoms with van der Waals surface area (Å²) in [6, 6.07) is 0. The van der Waals surface area contributed by atoms with E-state index < -0.39 is 69.5 Å². The highest BCUT2D eigenvalue weighted by Gasteiger charge is 2.79. The van der Waals surface area contributed by atoms with Gasteiger partial charge in [0.25, 0.3) is 5.91 Å². The van der Waals surface area contributed by atoms with E-state index in [1.165, 1.54) is 25.0 Å². The molecule has 0 spiro atoms. The Morgan fingerprint density at radius 2 is 1.26 bits per heavy atom. The molecule has 1 N–H and O–H groups in total. The van der Waals surface area contributed by atoms with E-state index in [0.29, 0.717) is 0 Å². The maximum absolute atomic E-state index is 14.2. The number of rotatable bonds is 9. The van der Waals surface area contributed by atoms with Crippen molar-refractivity contribution in [3.63, 3.8) is 0 Å². The predicted octanol–water partition coefficient (Wildman–Crippen LogP) is 5.01. The predicted molar refractivity (Wildman–Crippen MR) is 78.8 cm³/mol. The van der Waals surface area contributed by atoms with Crippen molar-refractivity contribution < 1.29 is 71.3 Å². The van der Waals surface area contributed by atoms with Crippen molar-refractivity contribution in [1.29, 1.82) is 0 Å². The number of ether oxygens (including phenoxy) is 2. The summed E-state index contributed by atoms with van der Waals surface area (Å²) in [7, 11) is -2.51. The van der Waals surface area contributed by atoms with Gasteiger partial charge in [-0.05, 0) is 0 Å². The Bertz CT molecular complexity index is 628. The number of carbonyl (C=O) groups excluding carboxylic acids is 1. The van der Waals surface area contributed by atoms with Crippen LogP contribution >= 0.6 is 0 Å². The third-order valence-corrected chi connectivity index (χ3v) is 4.37. The molecule has 186 valence electrons. The van der Waals surface area contributed by atoms with E-state index >= 15 is 0 Å². The number of alkyl halides is 13. The Morgan fingerprint density at radius 1 is 0.806 bits per heavy atom. The SMILES string of the molecule is C[Si](C)(C)CNC(=O)C(F)(OC(F)(F)C(F)(OCCC(F)(F)F)C(F)(F)F)C(F)(F)F. The maximum atomic E-state index is 14.2. The topological polar surface area (TPSA) is 47.6 Å². The molecule has 2 unspecified atom stereocenters. The molecule has 31 heavy (non-hydrogen) atoms. The average Bonchev–Trinajstić information content (AvgIpc) is 2.47. The summed E-state index contributed by atoms with van der Waals surface area (Å²) >= 11 is 0. The molecule has 0 rings (SSSR count). The van der Waals surface area contributed by atoms with Gasteiger partial charge in [-0.3, -0.25) is 9.53 Å². The molecule has 0 aliphatic rings. The van der Waals surface area contributed by atoms with E-state index in [1.54, 1.807) is 0 Å². The van der Waals surface area contributed by atoms with Crippen molar-refractivity contribution in [1.82, 2.24) is 5.32 Å². The van der Waals surface area contributed by atoms with Gasteiger partial charge in [0.15, 0.2) is 0 Å². The van der Waals surface area contributed by atoms with Gasteiger partial charge in [0, 0.05) is 6.17 Å². The molecular weight excluding hydrogens is 493 g/mol. The van der Waals surface area contributed by atoms with Crippen molar-refractivity contribution in [2.24, 2.45) is 0 Å². The zero-order chi connectivity index (χ0) is 25.3. The standard InChI is InChI=1S/C13H16F13NO3Si/c1-31(2,3)6-27-7(28)9(17,11(19,20)21)30-13(25,26)10(18,12(22,23)24)29-5-4-8(14,15)16/h4-6H2,1-3H3,(H,27,28). The summed E-state index contributed by atoms with van der Waals surface area (Å²) in [4.78, 5) is 11.5. The number of amides is 1. The molecule has 0 aromatic heterocycles. The highest BCUT2D eigenvalue weighted by atomic mass is 28.3. The first-order chi connectivity index (χ1) is 13.3. The molecule has 0 saturated carbocycles. The average molecular weight is 509 g/mol. The minimum atomic E-state index is -7.01. The van der Waals surface area contributed by atoms with Crippen LogP contribution in [0.5, 0.6) is 0 Å². The molecule has 18 heteroatoms. The van der Waals surface area contributed by atoms with Crippen molar-refractivity contribution in [3.05, 3.63) is 0 Å². The molecule has 2 atom stereocenters. The summed E-state index contributed by atoms with van der Waals surface area (Å²) in [6.07, 6.45) is -29.2. The Morgan fingerprint density at radius 3 is 1.58 bits per heavy atom. The van der Waals surface area contributed by atoms with Gasteiger partial charge in [-0.15, -0.1) is 0 Å². The molecule has 0 aliphatic heterocycles. The van der Waals surface area contributed by atoms with E-state index in [2.05, 4.69) is 9.47 Å². The van der Waals surface area contributed by atoms with Gasteiger partial charge in [0.05, 0.1) is 21.1 Å². The lowest BCUT2D eigenvalue weighted by Gasteiger charge is -2.37. The monoisotopic (exact) mass is 509 g/mol. The third-order valence-electron chi connectivity index (χ3n) is 3.13. The zero-order valence-corrected chi connectivity index (χ0v) is 16.8. The number of hydrogen-bond donors (Lipinski definition) is 1. The van der Waals surface area contributed by atoms with Gasteiger partial charge in [0.2, 0.25) is 0 Å². The molecule has 0 aromatic rings. The minimum absolute atomic E-state index is 0.690. The number of nitrogens with one attached hydrogen (secondary N) is 1. The summed E-state index contributed by atoms with van der Waals surface area (Å²) < 4.78 is 174. The second kappa shape index (κ2) is 8.91. The summed E-state index contributed by atoms with van der Waals surface area (Å²) in [6.45, 7) is 1.76. The largest absolute Gasteiger partial charge is 0.458 e. The van der Waals surface area contributed by atoms with Crippen molar-refractivity contribution in [2.45, 2.75) is 62.4 Å². The highest BCUT2D eigenvalue weighted by Crippen LogP contribution is 2.51. The molecule has 0 radical (unpaired) electrons. The molecular formula is C13H16F13NO3Si. The van der Waals surface area contributed by atoms with E-state index in [1.807, 2.05) is 0 Å². The van der Waals surface area contributed by atoms with Crippen LogP contribution in [0.15, 0.2) is 0 Å². The van der Waals surface area contributed by atoms with Crippen LogP contribution in [0.25, 0.3) is 0 Å². The third kappa shape index (κ3) is 7.65. The second-order valence-electron chi connectivity index (χ2n) is 7.26. The molecule has 1 amide bonds. The van der Waals surface area contributed by atoms with Crippen LogP contribution in [0.2, 0.25) is 19.6 Å². The summed E-state index contributed by atoms with van der Waals surface area (Å²) in [5, 5.41) is 1.22. The fourth-order valence-electron chi connectivity index (χ4n) is 1.57. The van der Waals surface area contributed by atoms with Crippen molar-refractivity contribution in [2.75, 3.05) is 12.8 Å². The van der Waals surface area contributed by atoms with Gasteiger partial charge >= 0.3 is 36.3 Å². The van der Waals surface area contributed by atoms with Gasteiger partial charge < -0.3 is 10.1 Å². The maximum Gasteiger partial charge on any atom is 0.458 e. The number of hydrogen-bond acceptors (Lipinski definition) is 3. The lowest BCUT2D eigenvalue weighted by molar-refractivity contribution is -0.496. The molecule has 0 aromatic carbocycles. The van der Waals surface area contributed by atoms with Crippen molar-refractivity contribution in [3.8, 4) is 0 Å². The zero-order valence-electron chi connectivity index (χ0n) is 15.8. The Labute approximate surface area is 167 Å². The molecule has 0 aliphatic carbocycles. The number of carbonyl (C=O) groups is 1. The van der Waals surface area contributed by atoms with Crippen LogP contribution in [-0.2, 0) is 14.3 Å².